The molecule has 1 fully saturated rings. The van der Waals surface area contributed by atoms with E-state index in [1.54, 1.807) is 25.3 Å². The molecule has 186 valence electrons. The lowest BCUT2D eigenvalue weighted by Gasteiger charge is -2.29. The summed E-state index contributed by atoms with van der Waals surface area (Å²) in [5.74, 6) is 1.45. The van der Waals surface area contributed by atoms with E-state index in [1.165, 1.54) is 4.31 Å². The predicted octanol–water partition coefficient (Wildman–Crippen LogP) is 4.56. The molecule has 1 saturated heterocycles. The Hall–Kier alpha value is -2.04. The van der Waals surface area contributed by atoms with Crippen LogP contribution >= 0.6 is 23.2 Å². The number of nitrogens with zero attached hydrogens (tertiary/aromatic N) is 1. The summed E-state index contributed by atoms with van der Waals surface area (Å²) in [5.41, 5.74) is 1.20. The number of carbonyl (C=O) groups excluding carboxylic acids is 1. The van der Waals surface area contributed by atoms with Gasteiger partial charge < -0.3 is 14.8 Å². The first kappa shape index (κ1) is 26.6. The second-order valence-electron chi connectivity index (χ2n) is 8.50. The highest BCUT2D eigenvalue weighted by atomic mass is 35.5. The first-order chi connectivity index (χ1) is 16.0. The smallest absolute Gasteiger partial charge is 0.276 e. The Bertz CT molecular complexity index is 1150. The Morgan fingerprint density at radius 1 is 1.21 bits per heavy atom. The molecule has 0 radical (unpaired) electrons. The van der Waals surface area contributed by atoms with Crippen LogP contribution in [-0.2, 0) is 10.2 Å². The number of carbonyl (C=O) groups is 1. The molecule has 0 bridgehead atoms. The SMILES string of the molecule is COc1ccc(Oc2c(Cl)ccc(C(=O)NCC3CCN(S(N)(=O)=O)CC3)c2Cl)cc1C(C)C. The van der Waals surface area contributed by atoms with Crippen LogP contribution in [0.3, 0.4) is 0 Å². The molecule has 0 aliphatic carbocycles. The lowest BCUT2D eigenvalue weighted by molar-refractivity contribution is 0.0941. The van der Waals surface area contributed by atoms with E-state index in [1.807, 2.05) is 26.0 Å². The molecule has 1 aliphatic rings. The lowest BCUT2D eigenvalue weighted by atomic mass is 9.98. The maximum absolute atomic E-state index is 12.8. The van der Waals surface area contributed by atoms with E-state index in [2.05, 4.69) is 5.32 Å². The lowest BCUT2D eigenvalue weighted by Crippen LogP contribution is -2.44. The van der Waals surface area contributed by atoms with E-state index in [0.717, 1.165) is 11.3 Å². The second-order valence-corrected chi connectivity index (χ2v) is 10.8. The summed E-state index contributed by atoms with van der Waals surface area (Å²) >= 11 is 12.9. The number of ether oxygens (including phenoxy) is 2. The summed E-state index contributed by atoms with van der Waals surface area (Å²) in [6, 6.07) is 8.53. The van der Waals surface area contributed by atoms with Crippen LogP contribution in [0.15, 0.2) is 30.3 Å². The third-order valence-corrected chi connectivity index (χ3v) is 7.58. The first-order valence-electron chi connectivity index (χ1n) is 10.9. The van der Waals surface area contributed by atoms with Crippen LogP contribution in [0.2, 0.25) is 10.0 Å². The van der Waals surface area contributed by atoms with Crippen LogP contribution in [0.25, 0.3) is 0 Å². The van der Waals surface area contributed by atoms with Gasteiger partial charge in [0, 0.05) is 25.2 Å². The van der Waals surface area contributed by atoms with Crippen LogP contribution in [0.5, 0.6) is 17.2 Å². The Morgan fingerprint density at radius 3 is 2.47 bits per heavy atom. The fourth-order valence-electron chi connectivity index (χ4n) is 3.85. The van der Waals surface area contributed by atoms with Crippen LogP contribution in [0, 0.1) is 5.92 Å². The Morgan fingerprint density at radius 2 is 1.88 bits per heavy atom. The third-order valence-electron chi connectivity index (χ3n) is 5.82. The predicted molar refractivity (Wildman–Crippen MR) is 133 cm³/mol. The number of methoxy groups -OCH3 is 1. The second kappa shape index (κ2) is 11.1. The number of piperidine rings is 1. The van der Waals surface area contributed by atoms with Crippen molar-refractivity contribution in [1.82, 2.24) is 9.62 Å². The van der Waals surface area contributed by atoms with Crippen molar-refractivity contribution in [3.63, 3.8) is 0 Å². The molecule has 3 N–H and O–H groups in total. The summed E-state index contributed by atoms with van der Waals surface area (Å²) in [7, 11) is -2.07. The molecule has 34 heavy (non-hydrogen) atoms. The zero-order valence-corrected chi connectivity index (χ0v) is 21.6. The average molecular weight is 530 g/mol. The zero-order chi connectivity index (χ0) is 25.0. The molecular formula is C23H29Cl2N3O5S. The topological polar surface area (TPSA) is 111 Å². The van der Waals surface area contributed by atoms with Crippen molar-refractivity contribution in [1.29, 1.82) is 0 Å². The van der Waals surface area contributed by atoms with Gasteiger partial charge in [0.05, 0.1) is 22.7 Å². The highest BCUT2D eigenvalue weighted by Crippen LogP contribution is 2.40. The van der Waals surface area contributed by atoms with Crippen LogP contribution in [-0.4, -0.2) is 45.4 Å². The van der Waals surface area contributed by atoms with E-state index >= 15 is 0 Å². The average Bonchev–Trinajstić information content (AvgIpc) is 2.79. The standard InChI is InChI=1S/C23H29Cl2N3O5S/c1-14(2)18-12-16(4-7-20(18)32-3)33-22-19(24)6-5-17(21(22)25)23(29)27-13-15-8-10-28(11-9-15)34(26,30)31/h4-7,12,14-15H,8-11,13H2,1-3H3,(H,27,29)(H2,26,30,31). The number of nitrogens with two attached hydrogens (primary N) is 1. The molecular weight excluding hydrogens is 501 g/mol. The molecule has 0 saturated carbocycles. The van der Waals surface area contributed by atoms with Crippen molar-refractivity contribution in [3.8, 4) is 17.2 Å². The van der Waals surface area contributed by atoms with Gasteiger partial charge in [-0.15, -0.1) is 0 Å². The van der Waals surface area contributed by atoms with Crippen LogP contribution in [0.4, 0.5) is 0 Å². The van der Waals surface area contributed by atoms with Crippen LogP contribution in [0.1, 0.15) is 48.5 Å². The van der Waals surface area contributed by atoms with E-state index in [0.29, 0.717) is 38.2 Å². The summed E-state index contributed by atoms with van der Waals surface area (Å²) in [4.78, 5) is 12.8. The van der Waals surface area contributed by atoms with Crippen molar-refractivity contribution in [2.24, 2.45) is 11.1 Å². The van der Waals surface area contributed by atoms with E-state index in [4.69, 9.17) is 37.8 Å². The Kier molecular flexibility index (Phi) is 8.70. The quantitative estimate of drug-likeness (QED) is 0.520. The molecule has 8 nitrogen and oxygen atoms in total. The van der Waals surface area contributed by atoms with Gasteiger partial charge in [-0.25, -0.2) is 5.14 Å². The summed E-state index contributed by atoms with van der Waals surface area (Å²) in [6.45, 7) is 5.15. The number of amides is 1. The molecule has 3 rings (SSSR count). The zero-order valence-electron chi connectivity index (χ0n) is 19.3. The van der Waals surface area contributed by atoms with Gasteiger partial charge in [0.2, 0.25) is 0 Å². The minimum Gasteiger partial charge on any atom is -0.496 e. The molecule has 2 aromatic carbocycles. The Balaban J connectivity index is 1.70. The van der Waals surface area contributed by atoms with Gasteiger partial charge in [0.15, 0.2) is 5.75 Å². The maximum atomic E-state index is 12.8. The molecule has 1 amide bonds. The highest BCUT2D eigenvalue weighted by Gasteiger charge is 2.26. The van der Waals surface area contributed by atoms with Crippen molar-refractivity contribution in [3.05, 3.63) is 51.5 Å². The van der Waals surface area contributed by atoms with Gasteiger partial charge in [-0.1, -0.05) is 37.0 Å². The van der Waals surface area contributed by atoms with Crippen molar-refractivity contribution in [2.45, 2.75) is 32.6 Å². The molecule has 0 aromatic heterocycles. The summed E-state index contributed by atoms with van der Waals surface area (Å²) in [6.07, 6.45) is 1.21. The monoisotopic (exact) mass is 529 g/mol. The maximum Gasteiger partial charge on any atom is 0.276 e. The fourth-order valence-corrected chi connectivity index (χ4v) is 5.10. The normalized spacial score (nSPS) is 15.4. The molecule has 1 aliphatic heterocycles. The number of hydrogen-bond acceptors (Lipinski definition) is 5. The third kappa shape index (κ3) is 6.34. The van der Waals surface area contributed by atoms with Crippen molar-refractivity contribution in [2.75, 3.05) is 26.7 Å². The molecule has 2 aromatic rings. The summed E-state index contributed by atoms with van der Waals surface area (Å²) in [5, 5.41) is 8.43. The van der Waals surface area contributed by atoms with Gasteiger partial charge in [-0.2, -0.15) is 12.7 Å². The van der Waals surface area contributed by atoms with Crippen LogP contribution < -0.4 is 19.9 Å². The minimum atomic E-state index is -3.68. The van der Waals surface area contributed by atoms with Gasteiger partial charge in [-0.3, -0.25) is 4.79 Å². The van der Waals surface area contributed by atoms with Gasteiger partial charge in [-0.05, 0) is 55.0 Å². The number of nitrogens with one attached hydrogen (secondary N) is 1. The van der Waals surface area contributed by atoms with E-state index in [9.17, 15) is 13.2 Å². The molecule has 0 spiro atoms. The number of hydrogen-bond donors (Lipinski definition) is 2. The minimum absolute atomic E-state index is 0.107. The number of rotatable bonds is 8. The van der Waals surface area contributed by atoms with Gasteiger partial charge in [0.25, 0.3) is 16.1 Å². The molecule has 1 heterocycles. The van der Waals surface area contributed by atoms with Gasteiger partial charge in [0.1, 0.15) is 11.5 Å². The Labute approximate surface area is 210 Å². The molecule has 0 atom stereocenters. The molecule has 0 unspecified atom stereocenters. The van der Waals surface area contributed by atoms with E-state index in [-0.39, 0.29) is 39.1 Å². The number of benzene rings is 2. The highest BCUT2D eigenvalue weighted by molar-refractivity contribution is 7.86. The van der Waals surface area contributed by atoms with E-state index < -0.39 is 10.2 Å². The van der Waals surface area contributed by atoms with Crippen molar-refractivity contribution >= 4 is 39.3 Å². The molecule has 11 heteroatoms. The summed E-state index contributed by atoms with van der Waals surface area (Å²) < 4.78 is 35.5. The largest absolute Gasteiger partial charge is 0.496 e. The first-order valence-corrected chi connectivity index (χ1v) is 13.2. The van der Waals surface area contributed by atoms with Crippen molar-refractivity contribution < 1.29 is 22.7 Å². The fraction of sp³-hybridized carbons (Fsp3) is 0.435. The van der Waals surface area contributed by atoms with Gasteiger partial charge >= 0.3 is 0 Å². The number of halogens is 2.